The van der Waals surface area contributed by atoms with Crippen LogP contribution in [-0.2, 0) is 0 Å². The van der Waals surface area contributed by atoms with Gasteiger partial charge in [0.15, 0.2) is 11.6 Å². The van der Waals surface area contributed by atoms with Gasteiger partial charge in [0.1, 0.15) is 0 Å². The van der Waals surface area contributed by atoms with Gasteiger partial charge in [-0.15, -0.1) is 0 Å². The molecule has 1 aromatic rings. The Morgan fingerprint density at radius 1 is 1.16 bits per heavy atom. The predicted molar refractivity (Wildman–Crippen MR) is 79.1 cm³/mol. The van der Waals surface area contributed by atoms with Gasteiger partial charge in [0.25, 0.3) is 0 Å². The summed E-state index contributed by atoms with van der Waals surface area (Å²) in [5, 5.41) is 0. The molecule has 2 heteroatoms. The van der Waals surface area contributed by atoms with Gasteiger partial charge in [-0.25, -0.2) is 4.39 Å². The van der Waals surface area contributed by atoms with Crippen LogP contribution in [0, 0.1) is 24.6 Å². The van der Waals surface area contributed by atoms with Crippen molar-refractivity contribution in [3.63, 3.8) is 0 Å². The van der Waals surface area contributed by atoms with Crippen molar-refractivity contribution in [2.45, 2.75) is 53.4 Å². The average Bonchev–Trinajstić information content (AvgIpc) is 2.42. The second kappa shape index (κ2) is 8.19. The van der Waals surface area contributed by atoms with E-state index in [-0.39, 0.29) is 5.82 Å². The number of hydrogen-bond acceptors (Lipinski definition) is 1. The second-order valence-electron chi connectivity index (χ2n) is 5.37. The highest BCUT2D eigenvalue weighted by Crippen LogP contribution is 2.29. The minimum Gasteiger partial charge on any atom is -0.490 e. The summed E-state index contributed by atoms with van der Waals surface area (Å²) < 4.78 is 19.1. The molecule has 1 aromatic carbocycles. The van der Waals surface area contributed by atoms with E-state index in [9.17, 15) is 4.39 Å². The molecule has 1 fully saturated rings. The summed E-state index contributed by atoms with van der Waals surface area (Å²) >= 11 is 0. The smallest absolute Gasteiger partial charge is 0.165 e. The summed E-state index contributed by atoms with van der Waals surface area (Å²) in [5.74, 6) is 1.61. The molecule has 0 unspecified atom stereocenters. The lowest BCUT2D eigenvalue weighted by atomic mass is 9.83. The molecule has 2 rings (SSSR count). The van der Waals surface area contributed by atoms with Crippen molar-refractivity contribution >= 4 is 0 Å². The van der Waals surface area contributed by atoms with Crippen LogP contribution in [0.4, 0.5) is 4.39 Å². The average molecular weight is 266 g/mol. The van der Waals surface area contributed by atoms with Crippen molar-refractivity contribution in [3.8, 4) is 5.75 Å². The third-order valence-electron chi connectivity index (χ3n) is 3.70. The molecule has 0 saturated heterocycles. The monoisotopic (exact) mass is 266 g/mol. The highest BCUT2D eigenvalue weighted by atomic mass is 19.1. The van der Waals surface area contributed by atoms with Crippen molar-refractivity contribution in [3.05, 3.63) is 29.6 Å². The van der Waals surface area contributed by atoms with E-state index >= 15 is 0 Å². The van der Waals surface area contributed by atoms with Crippen LogP contribution < -0.4 is 4.74 Å². The van der Waals surface area contributed by atoms with Crippen molar-refractivity contribution in [1.82, 2.24) is 0 Å². The lowest BCUT2D eigenvalue weighted by molar-refractivity contribution is 0.183. The number of aryl methyl sites for hydroxylation is 1. The molecule has 0 bridgehead atoms. The Labute approximate surface area is 117 Å². The van der Waals surface area contributed by atoms with E-state index in [1.165, 1.54) is 31.7 Å². The molecule has 0 aliphatic heterocycles. The Morgan fingerprint density at radius 2 is 1.79 bits per heavy atom. The van der Waals surface area contributed by atoms with Crippen LogP contribution >= 0.6 is 0 Å². The Balaban J connectivity index is 0.000000861. The van der Waals surface area contributed by atoms with Gasteiger partial charge in [0.05, 0.1) is 6.61 Å². The Bertz CT molecular complexity index is 368. The molecule has 1 nitrogen and oxygen atoms in total. The summed E-state index contributed by atoms with van der Waals surface area (Å²) in [6.07, 6.45) is 5.00. The summed E-state index contributed by atoms with van der Waals surface area (Å²) in [6, 6.07) is 5.15. The molecule has 1 aliphatic rings. The molecule has 0 spiro atoms. The molecule has 0 heterocycles. The van der Waals surface area contributed by atoms with Crippen LogP contribution in [0.1, 0.15) is 52.0 Å². The summed E-state index contributed by atoms with van der Waals surface area (Å²) in [7, 11) is 0. The van der Waals surface area contributed by atoms with E-state index in [2.05, 4.69) is 6.92 Å². The van der Waals surface area contributed by atoms with Crippen LogP contribution in [0.15, 0.2) is 18.2 Å². The maximum Gasteiger partial charge on any atom is 0.165 e. The van der Waals surface area contributed by atoms with E-state index in [1.807, 2.05) is 26.8 Å². The second-order valence-corrected chi connectivity index (χ2v) is 5.37. The molecule has 0 atom stereocenters. The van der Waals surface area contributed by atoms with Crippen molar-refractivity contribution in [1.29, 1.82) is 0 Å². The standard InChI is InChI=1S/C15H21FO.C2H6/c1-11-3-6-13(7-4-11)10-17-15-8-5-12(2)9-14(15)16;1-2/h5,8-9,11,13H,3-4,6-7,10H2,1-2H3;1-2H3. The Hall–Kier alpha value is -1.05. The third kappa shape index (κ3) is 5.22. The van der Waals surface area contributed by atoms with Gasteiger partial charge in [-0.2, -0.15) is 0 Å². The maximum absolute atomic E-state index is 13.5. The van der Waals surface area contributed by atoms with Gasteiger partial charge >= 0.3 is 0 Å². The highest BCUT2D eigenvalue weighted by Gasteiger charge is 2.19. The number of hydrogen-bond donors (Lipinski definition) is 0. The summed E-state index contributed by atoms with van der Waals surface area (Å²) in [4.78, 5) is 0. The van der Waals surface area contributed by atoms with Crippen molar-refractivity contribution in [2.24, 2.45) is 11.8 Å². The fourth-order valence-electron chi connectivity index (χ4n) is 2.43. The zero-order chi connectivity index (χ0) is 14.3. The SMILES string of the molecule is CC.Cc1ccc(OCC2CCC(C)CC2)c(F)c1. The molecule has 0 N–H and O–H groups in total. The van der Waals surface area contributed by atoms with Gasteiger partial charge in [-0.05, 0) is 49.3 Å². The minimum atomic E-state index is -0.242. The molecule has 0 radical (unpaired) electrons. The molecule has 1 saturated carbocycles. The van der Waals surface area contributed by atoms with Gasteiger partial charge in [0, 0.05) is 0 Å². The van der Waals surface area contributed by atoms with E-state index in [4.69, 9.17) is 4.74 Å². The Morgan fingerprint density at radius 3 is 2.37 bits per heavy atom. The molecule has 108 valence electrons. The normalized spacial score (nSPS) is 22.4. The molecule has 0 aromatic heterocycles. The summed E-state index contributed by atoms with van der Waals surface area (Å²) in [6.45, 7) is 8.85. The van der Waals surface area contributed by atoms with E-state index in [0.29, 0.717) is 18.3 Å². The zero-order valence-electron chi connectivity index (χ0n) is 12.7. The molecular formula is C17H27FO. The van der Waals surface area contributed by atoms with E-state index < -0.39 is 0 Å². The first-order valence-corrected chi connectivity index (χ1v) is 7.54. The van der Waals surface area contributed by atoms with Gasteiger partial charge in [0.2, 0.25) is 0 Å². The molecular weight excluding hydrogens is 239 g/mol. The number of halogens is 1. The quantitative estimate of drug-likeness (QED) is 0.715. The van der Waals surface area contributed by atoms with Crippen LogP contribution in [0.25, 0.3) is 0 Å². The van der Waals surface area contributed by atoms with Crippen LogP contribution in [0.5, 0.6) is 5.75 Å². The number of benzene rings is 1. The first kappa shape index (κ1) is 16.0. The van der Waals surface area contributed by atoms with Gasteiger partial charge in [-0.3, -0.25) is 0 Å². The highest BCUT2D eigenvalue weighted by molar-refractivity contribution is 5.28. The Kier molecular flexibility index (Phi) is 6.90. The first-order valence-electron chi connectivity index (χ1n) is 7.54. The largest absolute Gasteiger partial charge is 0.490 e. The third-order valence-corrected chi connectivity index (χ3v) is 3.70. The maximum atomic E-state index is 13.5. The topological polar surface area (TPSA) is 9.23 Å². The zero-order valence-corrected chi connectivity index (χ0v) is 12.7. The van der Waals surface area contributed by atoms with Crippen LogP contribution in [0.3, 0.4) is 0 Å². The fraction of sp³-hybridized carbons (Fsp3) is 0.647. The molecule has 19 heavy (non-hydrogen) atoms. The van der Waals surface area contributed by atoms with Crippen LogP contribution in [0.2, 0.25) is 0 Å². The number of ether oxygens (including phenoxy) is 1. The van der Waals surface area contributed by atoms with Gasteiger partial charge in [-0.1, -0.05) is 39.7 Å². The molecule has 0 amide bonds. The van der Waals surface area contributed by atoms with Crippen LogP contribution in [-0.4, -0.2) is 6.61 Å². The van der Waals surface area contributed by atoms with Crippen molar-refractivity contribution < 1.29 is 9.13 Å². The van der Waals surface area contributed by atoms with E-state index in [0.717, 1.165) is 11.5 Å². The van der Waals surface area contributed by atoms with Crippen molar-refractivity contribution in [2.75, 3.05) is 6.61 Å². The molecule has 1 aliphatic carbocycles. The van der Waals surface area contributed by atoms with E-state index in [1.54, 1.807) is 6.07 Å². The summed E-state index contributed by atoms with van der Waals surface area (Å²) in [5.41, 5.74) is 0.932. The number of rotatable bonds is 3. The lowest BCUT2D eigenvalue weighted by Crippen LogP contribution is -2.19. The lowest BCUT2D eigenvalue weighted by Gasteiger charge is -2.26. The predicted octanol–water partition coefficient (Wildman–Crippen LogP) is 5.37. The minimum absolute atomic E-state index is 0.242. The first-order chi connectivity index (χ1) is 9.15. The van der Waals surface area contributed by atoms with Gasteiger partial charge < -0.3 is 4.74 Å². The fourth-order valence-corrected chi connectivity index (χ4v) is 2.43.